The van der Waals surface area contributed by atoms with Crippen LogP contribution in [0.3, 0.4) is 0 Å². The molecule has 1 amide bonds. The zero-order chi connectivity index (χ0) is 24.3. The van der Waals surface area contributed by atoms with Gasteiger partial charge in [0.05, 0.1) is 5.52 Å². The minimum absolute atomic E-state index is 0.0705. The molecule has 4 aromatic rings. The predicted molar refractivity (Wildman–Crippen MR) is 138 cm³/mol. The Kier molecular flexibility index (Phi) is 4.71. The molecule has 0 saturated carbocycles. The summed E-state index contributed by atoms with van der Waals surface area (Å²) >= 11 is 0. The molecule has 0 radical (unpaired) electrons. The van der Waals surface area contributed by atoms with Crippen LogP contribution in [0, 0.1) is 0 Å². The van der Waals surface area contributed by atoms with Crippen LogP contribution in [0.4, 0.5) is 5.69 Å². The predicted octanol–water partition coefficient (Wildman–Crippen LogP) is 5.85. The maximum absolute atomic E-state index is 14.4. The highest BCUT2D eigenvalue weighted by Crippen LogP contribution is 2.57. The van der Waals surface area contributed by atoms with Gasteiger partial charge in [0.25, 0.3) is 0 Å². The largest absolute Gasteiger partial charge is 0.491 e. The molecule has 4 heterocycles. The molecule has 0 aliphatic carbocycles. The van der Waals surface area contributed by atoms with Gasteiger partial charge >= 0.3 is 0 Å². The second kappa shape index (κ2) is 7.98. The fourth-order valence-electron chi connectivity index (χ4n) is 5.91. The van der Waals surface area contributed by atoms with Crippen molar-refractivity contribution in [3.8, 4) is 28.4 Å². The number of benzene rings is 3. The summed E-state index contributed by atoms with van der Waals surface area (Å²) in [7, 11) is 0. The van der Waals surface area contributed by atoms with Crippen molar-refractivity contribution in [2.24, 2.45) is 0 Å². The van der Waals surface area contributed by atoms with Crippen molar-refractivity contribution in [3.05, 3.63) is 78.0 Å². The molecular weight excluding hydrogens is 452 g/mol. The van der Waals surface area contributed by atoms with Gasteiger partial charge in [0.15, 0.2) is 11.5 Å². The molecule has 1 spiro atoms. The van der Waals surface area contributed by atoms with Crippen molar-refractivity contribution in [1.82, 2.24) is 4.98 Å². The van der Waals surface area contributed by atoms with E-state index < -0.39 is 5.41 Å². The average molecular weight is 479 g/mol. The molecule has 0 fully saturated rings. The fourth-order valence-corrected chi connectivity index (χ4v) is 5.91. The van der Waals surface area contributed by atoms with E-state index in [1.807, 2.05) is 29.2 Å². The zero-order valence-corrected chi connectivity index (χ0v) is 20.1. The van der Waals surface area contributed by atoms with Gasteiger partial charge in [0.1, 0.15) is 17.8 Å². The van der Waals surface area contributed by atoms with Crippen LogP contribution in [-0.2, 0) is 10.2 Å². The van der Waals surface area contributed by atoms with Gasteiger partial charge in [-0.1, -0.05) is 44.0 Å². The van der Waals surface area contributed by atoms with Crippen LogP contribution in [0.1, 0.15) is 37.3 Å². The molecule has 1 unspecified atom stereocenters. The van der Waals surface area contributed by atoms with Crippen LogP contribution < -0.4 is 19.1 Å². The monoisotopic (exact) mass is 478 g/mol. The van der Waals surface area contributed by atoms with Crippen LogP contribution in [0.2, 0.25) is 0 Å². The molecule has 6 heteroatoms. The van der Waals surface area contributed by atoms with E-state index in [9.17, 15) is 4.79 Å². The Morgan fingerprint density at radius 1 is 0.944 bits per heavy atom. The van der Waals surface area contributed by atoms with Gasteiger partial charge in [-0.3, -0.25) is 9.78 Å². The molecule has 180 valence electrons. The molecule has 3 aliphatic heterocycles. The van der Waals surface area contributed by atoms with E-state index >= 15 is 0 Å². The van der Waals surface area contributed by atoms with Crippen LogP contribution in [0.5, 0.6) is 17.2 Å². The van der Waals surface area contributed by atoms with E-state index in [1.165, 1.54) is 0 Å². The summed E-state index contributed by atoms with van der Waals surface area (Å²) < 4.78 is 17.5. The van der Waals surface area contributed by atoms with E-state index in [2.05, 4.69) is 48.3 Å². The topological polar surface area (TPSA) is 60.9 Å². The van der Waals surface area contributed by atoms with Crippen molar-refractivity contribution in [2.45, 2.75) is 31.6 Å². The second-order valence-electron chi connectivity index (χ2n) is 9.67. The number of carbonyl (C=O) groups is 1. The Morgan fingerprint density at radius 2 is 1.83 bits per heavy atom. The summed E-state index contributed by atoms with van der Waals surface area (Å²) in [4.78, 5) is 20.9. The molecule has 6 nitrogen and oxygen atoms in total. The molecule has 0 N–H and O–H groups in total. The molecule has 7 rings (SSSR count). The molecular formula is C30H26N2O4. The van der Waals surface area contributed by atoms with Gasteiger partial charge < -0.3 is 19.1 Å². The number of rotatable bonds is 5. The smallest absolute Gasteiger partial charge is 0.245 e. The number of aromatic nitrogens is 1. The Balaban J connectivity index is 1.46. The number of hydrogen-bond donors (Lipinski definition) is 0. The molecule has 3 aliphatic rings. The van der Waals surface area contributed by atoms with Crippen LogP contribution >= 0.6 is 0 Å². The standard InChI is InChI=1S/C30H26N2O4/c1-2-3-4-13-32-24-9-5-8-21(19-10-11-23-20(14-19)7-6-12-31-23)28(24)30(29(32)33)17-34-25-16-27-26(15-22(25)30)35-18-36-27/h5-12,14-16H,2-4,13,17-18H2,1H3. The van der Waals surface area contributed by atoms with Crippen molar-refractivity contribution in [3.63, 3.8) is 0 Å². The summed E-state index contributed by atoms with van der Waals surface area (Å²) in [6.07, 6.45) is 4.94. The number of pyridine rings is 1. The van der Waals surface area contributed by atoms with Crippen molar-refractivity contribution < 1.29 is 19.0 Å². The Labute approximate surface area is 209 Å². The number of carbonyl (C=O) groups excluding carboxylic acids is 1. The molecule has 0 bridgehead atoms. The van der Waals surface area contributed by atoms with Gasteiger partial charge in [0.2, 0.25) is 12.7 Å². The van der Waals surface area contributed by atoms with Gasteiger partial charge in [-0.05, 0) is 47.9 Å². The minimum atomic E-state index is -0.932. The quantitative estimate of drug-likeness (QED) is 0.337. The van der Waals surface area contributed by atoms with Crippen LogP contribution in [-0.4, -0.2) is 30.8 Å². The number of anilines is 1. The van der Waals surface area contributed by atoms with Crippen molar-refractivity contribution >= 4 is 22.5 Å². The first-order chi connectivity index (χ1) is 17.7. The molecule has 1 atom stereocenters. The summed E-state index contributed by atoms with van der Waals surface area (Å²) in [5.41, 5.74) is 4.94. The van der Waals surface area contributed by atoms with Crippen molar-refractivity contribution in [1.29, 1.82) is 0 Å². The summed E-state index contributed by atoms with van der Waals surface area (Å²) in [5.74, 6) is 2.07. The maximum Gasteiger partial charge on any atom is 0.245 e. The number of hydrogen-bond acceptors (Lipinski definition) is 5. The van der Waals surface area contributed by atoms with Gasteiger partial charge in [-0.15, -0.1) is 0 Å². The van der Waals surface area contributed by atoms with E-state index in [0.717, 1.165) is 58.1 Å². The zero-order valence-electron chi connectivity index (χ0n) is 20.1. The number of unbranched alkanes of at least 4 members (excludes halogenated alkanes) is 2. The lowest BCUT2D eigenvalue weighted by molar-refractivity contribution is -0.122. The van der Waals surface area contributed by atoms with Crippen LogP contribution in [0.25, 0.3) is 22.0 Å². The van der Waals surface area contributed by atoms with E-state index in [4.69, 9.17) is 14.2 Å². The van der Waals surface area contributed by atoms with E-state index in [-0.39, 0.29) is 19.3 Å². The number of nitrogens with zero attached hydrogens (tertiary/aromatic N) is 2. The highest BCUT2D eigenvalue weighted by Gasteiger charge is 2.58. The Bertz CT molecular complexity index is 1530. The highest BCUT2D eigenvalue weighted by atomic mass is 16.7. The highest BCUT2D eigenvalue weighted by molar-refractivity contribution is 6.13. The van der Waals surface area contributed by atoms with Gasteiger partial charge in [0, 0.05) is 41.0 Å². The molecule has 36 heavy (non-hydrogen) atoms. The van der Waals surface area contributed by atoms with Crippen molar-refractivity contribution in [2.75, 3.05) is 24.8 Å². The molecule has 0 saturated heterocycles. The van der Waals surface area contributed by atoms with Gasteiger partial charge in [-0.2, -0.15) is 0 Å². The number of fused-ring (bicyclic) bond motifs is 6. The third-order valence-electron chi connectivity index (χ3n) is 7.65. The van der Waals surface area contributed by atoms with Gasteiger partial charge in [-0.25, -0.2) is 0 Å². The SMILES string of the molecule is CCCCCN1C(=O)C2(COc3cc4c(cc32)OCO4)c2c(-c3ccc4ncccc4c3)cccc21. The van der Waals surface area contributed by atoms with E-state index in [0.29, 0.717) is 23.8 Å². The Hall–Kier alpha value is -4.06. The van der Waals surface area contributed by atoms with E-state index in [1.54, 1.807) is 6.20 Å². The fraction of sp³-hybridized carbons (Fsp3) is 0.267. The lowest BCUT2D eigenvalue weighted by atomic mass is 9.74. The minimum Gasteiger partial charge on any atom is -0.491 e. The lowest BCUT2D eigenvalue weighted by Gasteiger charge is -2.24. The normalized spacial score (nSPS) is 19.1. The molecule has 3 aromatic carbocycles. The third-order valence-corrected chi connectivity index (χ3v) is 7.65. The summed E-state index contributed by atoms with van der Waals surface area (Å²) in [6.45, 7) is 3.30. The number of amides is 1. The first-order valence-electron chi connectivity index (χ1n) is 12.6. The first kappa shape index (κ1) is 21.2. The summed E-state index contributed by atoms with van der Waals surface area (Å²) in [5, 5.41) is 1.07. The number of ether oxygens (including phenoxy) is 3. The second-order valence-corrected chi connectivity index (χ2v) is 9.67. The Morgan fingerprint density at radius 3 is 2.72 bits per heavy atom. The summed E-state index contributed by atoms with van der Waals surface area (Å²) in [6, 6.07) is 20.4. The van der Waals surface area contributed by atoms with Crippen LogP contribution in [0.15, 0.2) is 66.9 Å². The lowest BCUT2D eigenvalue weighted by Crippen LogP contribution is -2.43. The average Bonchev–Trinajstić information content (AvgIpc) is 3.59. The first-order valence-corrected chi connectivity index (χ1v) is 12.6. The third kappa shape index (κ3) is 2.90. The molecule has 1 aromatic heterocycles. The maximum atomic E-state index is 14.4.